The van der Waals surface area contributed by atoms with Crippen molar-refractivity contribution in [2.45, 2.75) is 63.5 Å². The number of nitrogens with zero attached hydrogens (tertiary/aromatic N) is 2. The molecule has 0 spiro atoms. The zero-order valence-corrected chi connectivity index (χ0v) is 12.9. The summed E-state index contributed by atoms with van der Waals surface area (Å²) in [7, 11) is 4.45. The van der Waals surface area contributed by atoms with Crippen molar-refractivity contribution in [3.63, 3.8) is 0 Å². The van der Waals surface area contributed by atoms with Gasteiger partial charge in [-0.05, 0) is 58.8 Å². The van der Waals surface area contributed by atoms with Gasteiger partial charge in [0.1, 0.15) is 0 Å². The summed E-state index contributed by atoms with van der Waals surface area (Å²) in [5.74, 6) is 0.832. The molecule has 0 amide bonds. The first-order chi connectivity index (χ1) is 9.16. The van der Waals surface area contributed by atoms with Crippen LogP contribution in [0, 0.1) is 5.92 Å². The lowest BCUT2D eigenvalue weighted by Gasteiger charge is -2.37. The first-order valence-electron chi connectivity index (χ1n) is 8.23. The van der Waals surface area contributed by atoms with Crippen LogP contribution in [0.15, 0.2) is 0 Å². The van der Waals surface area contributed by atoms with Crippen molar-refractivity contribution in [2.24, 2.45) is 5.92 Å². The summed E-state index contributed by atoms with van der Waals surface area (Å²) in [5.41, 5.74) is 0. The van der Waals surface area contributed by atoms with E-state index in [1.807, 2.05) is 0 Å². The van der Waals surface area contributed by atoms with E-state index in [0.717, 1.165) is 12.3 Å². The molecule has 3 nitrogen and oxygen atoms in total. The molecule has 3 heteroatoms. The van der Waals surface area contributed by atoms with Crippen LogP contribution in [0.1, 0.15) is 51.4 Å². The molecule has 0 radical (unpaired) electrons. The van der Waals surface area contributed by atoms with Crippen LogP contribution < -0.4 is 0 Å². The molecular weight excluding hydrogens is 236 g/mol. The summed E-state index contributed by atoms with van der Waals surface area (Å²) in [6.45, 7) is 3.66. The quantitative estimate of drug-likeness (QED) is 0.851. The summed E-state index contributed by atoms with van der Waals surface area (Å²) in [5, 5.41) is 10.4. The standard InChI is InChI=1S/C16H32N2O/c1-17-11-9-14(10-12-17)13-18(2)15-7-5-3-4-6-8-16(15)19/h14-16,19H,3-13H2,1-2H3. The van der Waals surface area contributed by atoms with E-state index in [4.69, 9.17) is 0 Å². The van der Waals surface area contributed by atoms with Gasteiger partial charge in [0.25, 0.3) is 0 Å². The van der Waals surface area contributed by atoms with Gasteiger partial charge >= 0.3 is 0 Å². The summed E-state index contributed by atoms with van der Waals surface area (Å²) in [6.07, 6.45) is 9.89. The maximum absolute atomic E-state index is 10.4. The molecule has 0 aromatic heterocycles. The van der Waals surface area contributed by atoms with Gasteiger partial charge in [0.15, 0.2) is 0 Å². The molecule has 1 heterocycles. The third-order valence-electron chi connectivity index (χ3n) is 5.14. The minimum atomic E-state index is -0.100. The number of likely N-dealkylation sites (tertiary alicyclic amines) is 1. The lowest BCUT2D eigenvalue weighted by Crippen LogP contribution is -2.45. The van der Waals surface area contributed by atoms with E-state index in [1.54, 1.807) is 0 Å². The minimum Gasteiger partial charge on any atom is -0.391 e. The highest BCUT2D eigenvalue weighted by Crippen LogP contribution is 2.24. The number of hydrogen-bond acceptors (Lipinski definition) is 3. The van der Waals surface area contributed by atoms with Crippen LogP contribution in [0.5, 0.6) is 0 Å². The van der Waals surface area contributed by atoms with Gasteiger partial charge in [0, 0.05) is 12.6 Å². The molecule has 2 fully saturated rings. The predicted molar refractivity (Wildman–Crippen MR) is 80.3 cm³/mol. The molecule has 0 aromatic rings. The fraction of sp³-hybridized carbons (Fsp3) is 1.00. The number of aliphatic hydroxyl groups excluding tert-OH is 1. The van der Waals surface area contributed by atoms with Crippen molar-refractivity contribution >= 4 is 0 Å². The van der Waals surface area contributed by atoms with Crippen molar-refractivity contribution < 1.29 is 5.11 Å². The van der Waals surface area contributed by atoms with Crippen LogP contribution >= 0.6 is 0 Å². The van der Waals surface area contributed by atoms with Gasteiger partial charge in [0.05, 0.1) is 6.10 Å². The molecule has 112 valence electrons. The van der Waals surface area contributed by atoms with Gasteiger partial charge < -0.3 is 14.9 Å². The normalized spacial score (nSPS) is 32.2. The number of piperidine rings is 1. The molecule has 0 bridgehead atoms. The average Bonchev–Trinajstić information content (AvgIpc) is 2.37. The summed E-state index contributed by atoms with van der Waals surface area (Å²) in [6, 6.07) is 0.403. The van der Waals surface area contributed by atoms with E-state index in [2.05, 4.69) is 23.9 Å². The number of likely N-dealkylation sites (N-methyl/N-ethyl adjacent to an activating group) is 1. The van der Waals surface area contributed by atoms with Gasteiger partial charge in [-0.15, -0.1) is 0 Å². The van der Waals surface area contributed by atoms with Gasteiger partial charge in [-0.1, -0.05) is 25.7 Å². The van der Waals surface area contributed by atoms with Crippen LogP contribution in [0.2, 0.25) is 0 Å². The van der Waals surface area contributed by atoms with E-state index in [1.165, 1.54) is 64.6 Å². The maximum Gasteiger partial charge on any atom is 0.0695 e. The van der Waals surface area contributed by atoms with E-state index in [9.17, 15) is 5.11 Å². The highest BCUT2D eigenvalue weighted by Gasteiger charge is 2.27. The fourth-order valence-electron chi connectivity index (χ4n) is 3.75. The van der Waals surface area contributed by atoms with Crippen molar-refractivity contribution in [3.05, 3.63) is 0 Å². The first-order valence-corrected chi connectivity index (χ1v) is 8.23. The number of hydrogen-bond donors (Lipinski definition) is 1. The monoisotopic (exact) mass is 268 g/mol. The molecule has 1 saturated heterocycles. The summed E-state index contributed by atoms with van der Waals surface area (Å²) < 4.78 is 0. The lowest BCUT2D eigenvalue weighted by atomic mass is 9.91. The Morgan fingerprint density at radius 3 is 2.32 bits per heavy atom. The first kappa shape index (κ1) is 15.3. The second kappa shape index (κ2) is 7.61. The molecule has 0 aromatic carbocycles. The van der Waals surface area contributed by atoms with E-state index >= 15 is 0 Å². The van der Waals surface area contributed by atoms with Crippen molar-refractivity contribution in [1.82, 2.24) is 9.80 Å². The van der Waals surface area contributed by atoms with Crippen LogP contribution in [-0.2, 0) is 0 Å². The Morgan fingerprint density at radius 2 is 1.63 bits per heavy atom. The second-order valence-electron chi connectivity index (χ2n) is 6.81. The Hall–Kier alpha value is -0.120. The zero-order chi connectivity index (χ0) is 13.7. The zero-order valence-electron chi connectivity index (χ0n) is 12.9. The average molecular weight is 268 g/mol. The Balaban J connectivity index is 1.81. The Labute approximate surface area is 119 Å². The number of rotatable bonds is 3. The fourth-order valence-corrected chi connectivity index (χ4v) is 3.75. The second-order valence-corrected chi connectivity index (χ2v) is 6.81. The van der Waals surface area contributed by atoms with E-state index in [-0.39, 0.29) is 6.10 Å². The third kappa shape index (κ3) is 4.73. The molecule has 2 rings (SSSR count). The minimum absolute atomic E-state index is 0.100. The lowest BCUT2D eigenvalue weighted by molar-refractivity contribution is 0.0318. The Bertz CT molecular complexity index is 251. The van der Waals surface area contributed by atoms with Crippen molar-refractivity contribution in [2.75, 3.05) is 33.7 Å². The largest absolute Gasteiger partial charge is 0.391 e. The third-order valence-corrected chi connectivity index (χ3v) is 5.14. The number of aliphatic hydroxyl groups is 1. The molecule has 2 unspecified atom stereocenters. The van der Waals surface area contributed by atoms with Crippen LogP contribution in [0.3, 0.4) is 0 Å². The van der Waals surface area contributed by atoms with E-state index in [0.29, 0.717) is 6.04 Å². The van der Waals surface area contributed by atoms with Gasteiger partial charge in [-0.2, -0.15) is 0 Å². The molecular formula is C16H32N2O. The molecule has 2 aliphatic rings. The molecule has 1 saturated carbocycles. The molecule has 2 atom stereocenters. The van der Waals surface area contributed by atoms with Gasteiger partial charge in [-0.25, -0.2) is 0 Å². The summed E-state index contributed by atoms with van der Waals surface area (Å²) in [4.78, 5) is 4.90. The van der Waals surface area contributed by atoms with Gasteiger partial charge in [-0.3, -0.25) is 0 Å². The predicted octanol–water partition coefficient (Wildman–Crippen LogP) is 2.34. The Morgan fingerprint density at radius 1 is 1.00 bits per heavy atom. The topological polar surface area (TPSA) is 26.7 Å². The van der Waals surface area contributed by atoms with Crippen LogP contribution in [0.25, 0.3) is 0 Å². The highest BCUT2D eigenvalue weighted by atomic mass is 16.3. The van der Waals surface area contributed by atoms with Crippen LogP contribution in [0.4, 0.5) is 0 Å². The van der Waals surface area contributed by atoms with Gasteiger partial charge in [0.2, 0.25) is 0 Å². The molecule has 1 aliphatic carbocycles. The smallest absolute Gasteiger partial charge is 0.0695 e. The maximum atomic E-state index is 10.4. The Kier molecular flexibility index (Phi) is 6.11. The SMILES string of the molecule is CN1CCC(CN(C)C2CCCCCCC2O)CC1. The molecule has 1 N–H and O–H groups in total. The molecule has 19 heavy (non-hydrogen) atoms. The highest BCUT2D eigenvalue weighted by molar-refractivity contribution is 4.82. The summed E-state index contributed by atoms with van der Waals surface area (Å²) >= 11 is 0. The van der Waals surface area contributed by atoms with Crippen molar-refractivity contribution in [1.29, 1.82) is 0 Å². The molecule has 1 aliphatic heterocycles. The van der Waals surface area contributed by atoms with E-state index < -0.39 is 0 Å². The van der Waals surface area contributed by atoms with Crippen LogP contribution in [-0.4, -0.2) is 60.8 Å². The van der Waals surface area contributed by atoms with Crippen molar-refractivity contribution in [3.8, 4) is 0 Å².